The highest BCUT2D eigenvalue weighted by Crippen LogP contribution is 2.32. The molecule has 1 aliphatic rings. The molecule has 0 N–H and O–H groups in total. The number of fused-ring (bicyclic) bond motifs is 3. The molecule has 2 aromatic carbocycles. The van der Waals surface area contributed by atoms with Gasteiger partial charge in [-0.05, 0) is 38.0 Å². The molecule has 0 radical (unpaired) electrons. The van der Waals surface area contributed by atoms with Crippen LogP contribution in [0.1, 0.15) is 29.3 Å². The summed E-state index contributed by atoms with van der Waals surface area (Å²) in [4.78, 5) is 14.1. The third kappa shape index (κ3) is 3.44. The number of aryl methyl sites for hydroxylation is 3. The van der Waals surface area contributed by atoms with Gasteiger partial charge in [-0.25, -0.2) is 4.79 Å². The highest BCUT2D eigenvalue weighted by Gasteiger charge is 2.27. The summed E-state index contributed by atoms with van der Waals surface area (Å²) < 4.78 is 7.68. The Balaban J connectivity index is 1.69. The number of carbonyl (C=O) groups is 1. The maximum absolute atomic E-state index is 12.2. The van der Waals surface area contributed by atoms with Crippen LogP contribution >= 0.6 is 0 Å². The average molecular weight is 362 g/mol. The molecule has 0 aliphatic carbocycles. The lowest BCUT2D eigenvalue weighted by Crippen LogP contribution is -2.36. The van der Waals surface area contributed by atoms with Gasteiger partial charge in [-0.15, -0.1) is 0 Å². The summed E-state index contributed by atoms with van der Waals surface area (Å²) in [6, 6.07) is 17.3. The van der Waals surface area contributed by atoms with Gasteiger partial charge < -0.3 is 14.2 Å². The third-order valence-corrected chi connectivity index (χ3v) is 5.40. The summed E-state index contributed by atoms with van der Waals surface area (Å²) in [7, 11) is 0. The Morgan fingerprint density at radius 1 is 1.15 bits per heavy atom. The van der Waals surface area contributed by atoms with Crippen LogP contribution in [0, 0.1) is 6.92 Å². The summed E-state index contributed by atoms with van der Waals surface area (Å²) in [6.07, 6.45) is 1.67. The number of rotatable bonds is 4. The molecule has 0 saturated carbocycles. The van der Waals surface area contributed by atoms with Crippen molar-refractivity contribution in [2.24, 2.45) is 0 Å². The van der Waals surface area contributed by atoms with Gasteiger partial charge in [-0.3, -0.25) is 0 Å². The topological polar surface area (TPSA) is 34.5 Å². The lowest BCUT2D eigenvalue weighted by Gasteiger charge is -2.27. The lowest BCUT2D eigenvalue weighted by atomic mass is 10.0. The van der Waals surface area contributed by atoms with Gasteiger partial charge in [0.15, 0.2) is 0 Å². The SMILES string of the molecule is CCOC(=O)N1CCc2c(c3cc(C)ccc3n2CCc2ccccc2)C1. The van der Waals surface area contributed by atoms with E-state index in [-0.39, 0.29) is 6.09 Å². The first-order chi connectivity index (χ1) is 13.2. The molecule has 0 bridgehead atoms. The van der Waals surface area contributed by atoms with Crippen molar-refractivity contribution in [3.8, 4) is 0 Å². The number of nitrogens with zero attached hydrogens (tertiary/aromatic N) is 2. The molecule has 2 heterocycles. The van der Waals surface area contributed by atoms with Gasteiger partial charge in [0.2, 0.25) is 0 Å². The second kappa shape index (κ2) is 7.47. The van der Waals surface area contributed by atoms with Crippen molar-refractivity contribution in [3.05, 3.63) is 70.9 Å². The Morgan fingerprint density at radius 3 is 2.74 bits per heavy atom. The first kappa shape index (κ1) is 17.7. The highest BCUT2D eigenvalue weighted by atomic mass is 16.6. The van der Waals surface area contributed by atoms with E-state index >= 15 is 0 Å². The van der Waals surface area contributed by atoms with Crippen LogP contribution in [0.2, 0.25) is 0 Å². The molecule has 140 valence electrons. The maximum atomic E-state index is 12.2. The number of benzene rings is 2. The Hall–Kier alpha value is -2.75. The molecular weight excluding hydrogens is 336 g/mol. The van der Waals surface area contributed by atoms with E-state index in [0.29, 0.717) is 19.7 Å². The minimum absolute atomic E-state index is 0.207. The number of carbonyl (C=O) groups excluding carboxylic acids is 1. The average Bonchev–Trinajstić information content (AvgIpc) is 2.99. The molecule has 1 aromatic heterocycles. The van der Waals surface area contributed by atoms with Gasteiger partial charge >= 0.3 is 6.09 Å². The molecule has 0 fully saturated rings. The van der Waals surface area contributed by atoms with Crippen LogP contribution in [0.5, 0.6) is 0 Å². The summed E-state index contributed by atoms with van der Waals surface area (Å²) >= 11 is 0. The molecular formula is C23H26N2O2. The van der Waals surface area contributed by atoms with E-state index < -0.39 is 0 Å². The summed E-state index contributed by atoms with van der Waals surface area (Å²) in [5.41, 5.74) is 6.52. The smallest absolute Gasteiger partial charge is 0.410 e. The van der Waals surface area contributed by atoms with Gasteiger partial charge in [0, 0.05) is 41.7 Å². The maximum Gasteiger partial charge on any atom is 0.410 e. The molecule has 0 unspecified atom stereocenters. The van der Waals surface area contributed by atoms with E-state index in [9.17, 15) is 4.79 Å². The molecule has 27 heavy (non-hydrogen) atoms. The van der Waals surface area contributed by atoms with Crippen molar-refractivity contribution in [3.63, 3.8) is 0 Å². The molecule has 4 nitrogen and oxygen atoms in total. The zero-order valence-electron chi connectivity index (χ0n) is 16.1. The Labute approximate surface area is 160 Å². The monoisotopic (exact) mass is 362 g/mol. The van der Waals surface area contributed by atoms with E-state index in [2.05, 4.69) is 60.0 Å². The number of ether oxygens (including phenoxy) is 1. The zero-order chi connectivity index (χ0) is 18.8. The number of hydrogen-bond acceptors (Lipinski definition) is 2. The number of hydrogen-bond donors (Lipinski definition) is 0. The summed E-state index contributed by atoms with van der Waals surface area (Å²) in [6.45, 7) is 6.70. The molecule has 0 spiro atoms. The molecule has 3 aromatic rings. The summed E-state index contributed by atoms with van der Waals surface area (Å²) in [5.74, 6) is 0. The largest absolute Gasteiger partial charge is 0.450 e. The van der Waals surface area contributed by atoms with Crippen molar-refractivity contribution < 1.29 is 9.53 Å². The Kier molecular flexibility index (Phi) is 4.88. The van der Waals surface area contributed by atoms with Crippen LogP contribution in [0.25, 0.3) is 10.9 Å². The summed E-state index contributed by atoms with van der Waals surface area (Å²) in [5, 5.41) is 1.27. The second-order valence-corrected chi connectivity index (χ2v) is 7.20. The van der Waals surface area contributed by atoms with E-state index in [1.54, 1.807) is 0 Å². The fraction of sp³-hybridized carbons (Fsp3) is 0.348. The highest BCUT2D eigenvalue weighted by molar-refractivity contribution is 5.87. The van der Waals surface area contributed by atoms with Gasteiger partial charge in [0.05, 0.1) is 13.2 Å². The third-order valence-electron chi connectivity index (χ3n) is 5.40. The van der Waals surface area contributed by atoms with Gasteiger partial charge in [-0.2, -0.15) is 0 Å². The van der Waals surface area contributed by atoms with Gasteiger partial charge in [0.25, 0.3) is 0 Å². The van der Waals surface area contributed by atoms with Crippen LogP contribution in [-0.4, -0.2) is 28.7 Å². The number of amides is 1. The number of aromatic nitrogens is 1. The standard InChI is InChI=1S/C23H26N2O2/c1-3-27-23(26)24-13-12-22-20(16-24)19-15-17(2)9-10-21(19)25(22)14-11-18-7-5-4-6-8-18/h4-10,15H,3,11-14,16H2,1-2H3. The van der Waals surface area contributed by atoms with Crippen molar-refractivity contribution >= 4 is 17.0 Å². The molecule has 1 amide bonds. The molecule has 0 saturated heterocycles. The lowest BCUT2D eigenvalue weighted by molar-refractivity contribution is 0.102. The first-order valence-electron chi connectivity index (χ1n) is 9.73. The zero-order valence-corrected chi connectivity index (χ0v) is 16.1. The first-order valence-corrected chi connectivity index (χ1v) is 9.73. The van der Waals surface area contributed by atoms with E-state index in [1.807, 2.05) is 11.8 Å². The van der Waals surface area contributed by atoms with Crippen LogP contribution in [0.15, 0.2) is 48.5 Å². The van der Waals surface area contributed by atoms with Crippen molar-refractivity contribution in [2.75, 3.05) is 13.2 Å². The van der Waals surface area contributed by atoms with E-state index in [0.717, 1.165) is 19.4 Å². The Morgan fingerprint density at radius 2 is 1.96 bits per heavy atom. The van der Waals surface area contributed by atoms with Gasteiger partial charge in [-0.1, -0.05) is 42.0 Å². The minimum atomic E-state index is -0.207. The molecule has 0 atom stereocenters. The molecule has 1 aliphatic heterocycles. The van der Waals surface area contributed by atoms with Crippen LogP contribution in [-0.2, 0) is 30.7 Å². The molecule has 4 heteroatoms. The molecule has 4 rings (SSSR count). The van der Waals surface area contributed by atoms with Crippen molar-refractivity contribution in [1.82, 2.24) is 9.47 Å². The Bertz CT molecular complexity index is 959. The fourth-order valence-electron chi connectivity index (χ4n) is 4.08. The predicted molar refractivity (Wildman–Crippen MR) is 108 cm³/mol. The fourth-order valence-corrected chi connectivity index (χ4v) is 4.08. The van der Waals surface area contributed by atoms with Crippen molar-refractivity contribution in [1.29, 1.82) is 0 Å². The van der Waals surface area contributed by atoms with Gasteiger partial charge in [0.1, 0.15) is 0 Å². The quantitative estimate of drug-likeness (QED) is 0.674. The van der Waals surface area contributed by atoms with E-state index in [1.165, 1.54) is 33.3 Å². The minimum Gasteiger partial charge on any atom is -0.450 e. The van der Waals surface area contributed by atoms with Crippen LogP contribution in [0.4, 0.5) is 4.79 Å². The van der Waals surface area contributed by atoms with Crippen LogP contribution < -0.4 is 0 Å². The normalized spacial score (nSPS) is 13.6. The predicted octanol–water partition coefficient (Wildman–Crippen LogP) is 4.71. The van der Waals surface area contributed by atoms with Crippen molar-refractivity contribution in [2.45, 2.75) is 39.8 Å². The van der Waals surface area contributed by atoms with Crippen LogP contribution in [0.3, 0.4) is 0 Å². The second-order valence-electron chi connectivity index (χ2n) is 7.20. The van der Waals surface area contributed by atoms with E-state index in [4.69, 9.17) is 4.74 Å².